The van der Waals surface area contributed by atoms with Gasteiger partial charge in [0.15, 0.2) is 6.61 Å². The van der Waals surface area contributed by atoms with Gasteiger partial charge < -0.3 is 10.1 Å². The van der Waals surface area contributed by atoms with E-state index < -0.39 is 22.0 Å². The zero-order valence-electron chi connectivity index (χ0n) is 14.9. The molecule has 0 unspecified atom stereocenters. The van der Waals surface area contributed by atoms with Gasteiger partial charge in [0, 0.05) is 17.6 Å². The van der Waals surface area contributed by atoms with Crippen molar-refractivity contribution in [1.29, 1.82) is 0 Å². The number of carbonyl (C=O) groups excluding carboxylic acids is 2. The highest BCUT2D eigenvalue weighted by atomic mass is 35.5. The summed E-state index contributed by atoms with van der Waals surface area (Å²) in [5.74, 6) is -1.04. The summed E-state index contributed by atoms with van der Waals surface area (Å²) in [6, 6.07) is 5.03. The van der Waals surface area contributed by atoms with Crippen LogP contribution < -0.4 is 5.32 Å². The number of halogens is 1. The molecule has 27 heavy (non-hydrogen) atoms. The van der Waals surface area contributed by atoms with Crippen molar-refractivity contribution in [3.05, 3.63) is 29.3 Å². The Labute approximate surface area is 164 Å². The predicted molar refractivity (Wildman–Crippen MR) is 99.7 cm³/mol. The van der Waals surface area contributed by atoms with Gasteiger partial charge in [-0.05, 0) is 49.9 Å². The number of nitrogens with one attached hydrogen (secondary N) is 1. The summed E-state index contributed by atoms with van der Waals surface area (Å²) in [5, 5.41) is 3.27. The van der Waals surface area contributed by atoms with Crippen molar-refractivity contribution in [3.63, 3.8) is 0 Å². The number of nitrogens with zero attached hydrogens (tertiary/aromatic N) is 1. The maximum Gasteiger partial charge on any atom is 0.324 e. The van der Waals surface area contributed by atoms with E-state index in [0.29, 0.717) is 17.9 Å². The number of sulfonamides is 1. The molecule has 0 radical (unpaired) electrons. The lowest BCUT2D eigenvalue weighted by Gasteiger charge is -2.23. The van der Waals surface area contributed by atoms with Gasteiger partial charge in [0.2, 0.25) is 10.0 Å². The second-order valence-corrected chi connectivity index (χ2v) is 9.21. The maximum absolute atomic E-state index is 12.8. The highest BCUT2D eigenvalue weighted by molar-refractivity contribution is 7.89. The van der Waals surface area contributed by atoms with Crippen LogP contribution >= 0.6 is 11.6 Å². The minimum absolute atomic E-state index is 0.0746. The van der Waals surface area contributed by atoms with Gasteiger partial charge >= 0.3 is 5.97 Å². The average Bonchev–Trinajstić information content (AvgIpc) is 3.32. The molecule has 7 nitrogen and oxygen atoms in total. The number of carbonyl (C=O) groups is 2. The minimum Gasteiger partial charge on any atom is -0.454 e. The quantitative estimate of drug-likeness (QED) is 0.719. The zero-order valence-corrected chi connectivity index (χ0v) is 16.5. The van der Waals surface area contributed by atoms with E-state index in [1.165, 1.54) is 24.3 Å². The molecule has 0 bridgehead atoms. The first-order valence-corrected chi connectivity index (χ1v) is 10.9. The van der Waals surface area contributed by atoms with Crippen molar-refractivity contribution in [2.24, 2.45) is 0 Å². The molecule has 1 atom stereocenters. The summed E-state index contributed by atoms with van der Waals surface area (Å²) in [6.45, 7) is -0.153. The lowest BCUT2D eigenvalue weighted by molar-refractivity contribution is -0.151. The molecule has 1 aliphatic heterocycles. The van der Waals surface area contributed by atoms with E-state index in [-0.39, 0.29) is 30.0 Å². The molecule has 9 heteroatoms. The highest BCUT2D eigenvalue weighted by Crippen LogP contribution is 2.27. The normalized spacial score (nSPS) is 21.3. The molecule has 1 saturated carbocycles. The van der Waals surface area contributed by atoms with E-state index in [0.717, 1.165) is 30.0 Å². The molecule has 0 spiro atoms. The third-order valence-electron chi connectivity index (χ3n) is 4.96. The number of esters is 1. The van der Waals surface area contributed by atoms with Gasteiger partial charge in [-0.3, -0.25) is 9.59 Å². The van der Waals surface area contributed by atoms with Crippen LogP contribution in [0.5, 0.6) is 0 Å². The number of benzene rings is 1. The van der Waals surface area contributed by atoms with E-state index in [4.69, 9.17) is 16.3 Å². The molecular formula is C18H23ClN2O5S. The van der Waals surface area contributed by atoms with E-state index >= 15 is 0 Å². The largest absolute Gasteiger partial charge is 0.454 e. The van der Waals surface area contributed by atoms with Gasteiger partial charge in [0.1, 0.15) is 6.04 Å². The lowest BCUT2D eigenvalue weighted by atomic mass is 10.2. The molecule has 148 valence electrons. The third kappa shape index (κ3) is 4.80. The van der Waals surface area contributed by atoms with Gasteiger partial charge in [0.25, 0.3) is 5.91 Å². The molecule has 1 saturated heterocycles. The molecule has 2 fully saturated rings. The fraction of sp³-hybridized carbons (Fsp3) is 0.556. The third-order valence-corrected chi connectivity index (χ3v) is 7.14. The fourth-order valence-corrected chi connectivity index (χ4v) is 5.35. The summed E-state index contributed by atoms with van der Waals surface area (Å²) in [6.07, 6.45) is 4.98. The smallest absolute Gasteiger partial charge is 0.324 e. The van der Waals surface area contributed by atoms with E-state index in [1.807, 2.05) is 0 Å². The zero-order chi connectivity index (χ0) is 19.4. The van der Waals surface area contributed by atoms with Gasteiger partial charge in [0.05, 0.1) is 4.90 Å². The minimum atomic E-state index is -3.83. The molecule has 1 N–H and O–H groups in total. The van der Waals surface area contributed by atoms with Crippen LogP contribution in [0.15, 0.2) is 29.2 Å². The SMILES string of the molecule is O=C(COC(=O)[C@@H]1CCCN1S(=O)(=O)c1ccc(Cl)cc1)NC1CCCC1. The topological polar surface area (TPSA) is 92.8 Å². The standard InChI is InChI=1S/C18H23ClN2O5S/c19-13-7-9-15(10-8-13)27(24,25)21-11-3-6-16(21)18(23)26-12-17(22)20-14-4-1-2-5-14/h7-10,14,16H,1-6,11-12H2,(H,20,22)/t16-/m0/s1. The van der Waals surface area contributed by atoms with Crippen LogP contribution in [0.4, 0.5) is 0 Å². The molecule has 0 aromatic heterocycles. The monoisotopic (exact) mass is 414 g/mol. The Morgan fingerprint density at radius 3 is 2.44 bits per heavy atom. The van der Waals surface area contributed by atoms with Crippen LogP contribution in [-0.2, 0) is 24.3 Å². The first-order chi connectivity index (χ1) is 12.9. The number of hydrogen-bond acceptors (Lipinski definition) is 5. The lowest BCUT2D eigenvalue weighted by Crippen LogP contribution is -2.43. The van der Waals surface area contributed by atoms with Crippen LogP contribution in [0.1, 0.15) is 38.5 Å². The number of hydrogen-bond donors (Lipinski definition) is 1. The Morgan fingerprint density at radius 1 is 1.11 bits per heavy atom. The van der Waals surface area contributed by atoms with Crippen LogP contribution in [0.25, 0.3) is 0 Å². The summed E-state index contributed by atoms with van der Waals surface area (Å²) in [5.41, 5.74) is 0. The molecule has 1 heterocycles. The van der Waals surface area contributed by atoms with Crippen molar-refractivity contribution in [2.45, 2.75) is 55.5 Å². The maximum atomic E-state index is 12.8. The Bertz CT molecular complexity index is 790. The van der Waals surface area contributed by atoms with Crippen molar-refractivity contribution >= 4 is 33.5 Å². The number of amides is 1. The van der Waals surface area contributed by atoms with Gasteiger partial charge in [-0.15, -0.1) is 0 Å². The first kappa shape index (κ1) is 20.1. The Kier molecular flexibility index (Phi) is 6.39. The fourth-order valence-electron chi connectivity index (χ4n) is 3.58. The molecule has 2 aliphatic rings. The second kappa shape index (κ2) is 8.58. The van der Waals surface area contributed by atoms with Crippen LogP contribution in [0.2, 0.25) is 5.02 Å². The Hall–Kier alpha value is -1.64. The van der Waals surface area contributed by atoms with Crippen molar-refractivity contribution in [2.75, 3.05) is 13.2 Å². The van der Waals surface area contributed by atoms with Crippen LogP contribution in [-0.4, -0.2) is 49.8 Å². The predicted octanol–water partition coefficient (Wildman–Crippen LogP) is 2.10. The Morgan fingerprint density at radius 2 is 1.78 bits per heavy atom. The number of ether oxygens (including phenoxy) is 1. The summed E-state index contributed by atoms with van der Waals surface area (Å²) < 4.78 is 31.9. The van der Waals surface area contributed by atoms with Gasteiger partial charge in [-0.2, -0.15) is 4.31 Å². The van der Waals surface area contributed by atoms with Crippen molar-refractivity contribution < 1.29 is 22.7 Å². The number of rotatable bonds is 6. The van der Waals surface area contributed by atoms with E-state index in [9.17, 15) is 18.0 Å². The second-order valence-electron chi connectivity index (χ2n) is 6.88. The van der Waals surface area contributed by atoms with Gasteiger partial charge in [-0.25, -0.2) is 8.42 Å². The molecule has 1 aromatic carbocycles. The van der Waals surface area contributed by atoms with Crippen LogP contribution in [0.3, 0.4) is 0 Å². The van der Waals surface area contributed by atoms with Crippen molar-refractivity contribution in [1.82, 2.24) is 9.62 Å². The van der Waals surface area contributed by atoms with Crippen molar-refractivity contribution in [3.8, 4) is 0 Å². The van der Waals surface area contributed by atoms with E-state index in [1.54, 1.807) is 0 Å². The summed E-state index contributed by atoms with van der Waals surface area (Å²) in [4.78, 5) is 24.4. The summed E-state index contributed by atoms with van der Waals surface area (Å²) >= 11 is 5.81. The first-order valence-electron chi connectivity index (χ1n) is 9.11. The molecular weight excluding hydrogens is 392 g/mol. The summed E-state index contributed by atoms with van der Waals surface area (Å²) in [7, 11) is -3.83. The van der Waals surface area contributed by atoms with E-state index in [2.05, 4.69) is 5.32 Å². The molecule has 1 aliphatic carbocycles. The average molecular weight is 415 g/mol. The molecule has 1 aromatic rings. The molecule has 3 rings (SSSR count). The van der Waals surface area contributed by atoms with Crippen LogP contribution in [0, 0.1) is 0 Å². The van der Waals surface area contributed by atoms with Gasteiger partial charge in [-0.1, -0.05) is 24.4 Å². The molecule has 1 amide bonds. The Balaban J connectivity index is 1.60. The highest BCUT2D eigenvalue weighted by Gasteiger charge is 2.40.